The van der Waals surface area contributed by atoms with Crippen molar-refractivity contribution in [2.75, 3.05) is 0 Å². The van der Waals surface area contributed by atoms with E-state index in [1.807, 2.05) is 43.5 Å². The number of rotatable bonds is 1. The predicted molar refractivity (Wildman–Crippen MR) is 53.5 cm³/mol. The zero-order chi connectivity index (χ0) is 9.26. The average molecular weight is 169 g/mol. The molecule has 0 atom stereocenters. The fourth-order valence-corrected chi connectivity index (χ4v) is 1.48. The Kier molecular flexibility index (Phi) is 1.85. The molecule has 0 N–H and O–H groups in total. The SMILES string of the molecule is Cc1ccc2cccc([C]=O)c2c1. The molecule has 2 rings (SSSR count). The van der Waals surface area contributed by atoms with E-state index in [0.29, 0.717) is 5.56 Å². The first-order valence-corrected chi connectivity index (χ1v) is 4.19. The first-order chi connectivity index (χ1) is 6.31. The molecule has 0 heterocycles. The Bertz CT molecular complexity index is 458. The molecule has 2 aromatic rings. The van der Waals surface area contributed by atoms with Gasteiger partial charge in [0.1, 0.15) is 0 Å². The third-order valence-corrected chi connectivity index (χ3v) is 2.15. The molecule has 13 heavy (non-hydrogen) atoms. The number of carbonyl (C=O) groups excluding carboxylic acids is 1. The summed E-state index contributed by atoms with van der Waals surface area (Å²) < 4.78 is 0. The van der Waals surface area contributed by atoms with Gasteiger partial charge in [0.15, 0.2) is 0 Å². The van der Waals surface area contributed by atoms with Crippen LogP contribution < -0.4 is 0 Å². The second kappa shape index (κ2) is 3.02. The minimum atomic E-state index is 0.640. The smallest absolute Gasteiger partial charge is 0.234 e. The van der Waals surface area contributed by atoms with E-state index in [1.54, 1.807) is 6.07 Å². The minimum Gasteiger partial charge on any atom is -0.285 e. The van der Waals surface area contributed by atoms with Crippen LogP contribution in [-0.4, -0.2) is 6.29 Å². The van der Waals surface area contributed by atoms with E-state index in [0.717, 1.165) is 16.3 Å². The topological polar surface area (TPSA) is 17.1 Å². The zero-order valence-electron chi connectivity index (χ0n) is 7.37. The summed E-state index contributed by atoms with van der Waals surface area (Å²) in [6.45, 7) is 2.01. The van der Waals surface area contributed by atoms with Gasteiger partial charge in [-0.25, -0.2) is 0 Å². The van der Waals surface area contributed by atoms with E-state index in [4.69, 9.17) is 0 Å². The van der Waals surface area contributed by atoms with Crippen LogP contribution in [0.1, 0.15) is 11.1 Å². The van der Waals surface area contributed by atoms with Crippen LogP contribution in [0.3, 0.4) is 0 Å². The molecule has 1 nitrogen and oxygen atoms in total. The fourth-order valence-electron chi connectivity index (χ4n) is 1.48. The molecule has 0 amide bonds. The monoisotopic (exact) mass is 169 g/mol. The van der Waals surface area contributed by atoms with Gasteiger partial charge in [0.05, 0.1) is 0 Å². The first-order valence-electron chi connectivity index (χ1n) is 4.19. The van der Waals surface area contributed by atoms with Gasteiger partial charge in [-0.05, 0) is 17.7 Å². The van der Waals surface area contributed by atoms with Crippen molar-refractivity contribution in [3.63, 3.8) is 0 Å². The number of hydrogen-bond donors (Lipinski definition) is 0. The quantitative estimate of drug-likeness (QED) is 0.641. The van der Waals surface area contributed by atoms with Crippen molar-refractivity contribution in [3.05, 3.63) is 47.5 Å². The maximum Gasteiger partial charge on any atom is 0.234 e. The van der Waals surface area contributed by atoms with Crippen LogP contribution in [0.4, 0.5) is 0 Å². The van der Waals surface area contributed by atoms with Crippen LogP contribution in [0.25, 0.3) is 10.8 Å². The first kappa shape index (κ1) is 7.99. The van der Waals surface area contributed by atoms with Gasteiger partial charge in [-0.3, -0.25) is 4.79 Å². The molecule has 0 aliphatic carbocycles. The lowest BCUT2D eigenvalue weighted by Gasteiger charge is -2.00. The molecule has 0 aliphatic heterocycles. The Labute approximate surface area is 77.0 Å². The summed E-state index contributed by atoms with van der Waals surface area (Å²) in [5.41, 5.74) is 1.80. The van der Waals surface area contributed by atoms with Crippen LogP contribution in [0.2, 0.25) is 0 Å². The van der Waals surface area contributed by atoms with Gasteiger partial charge in [-0.15, -0.1) is 0 Å². The van der Waals surface area contributed by atoms with Crippen molar-refractivity contribution in [1.29, 1.82) is 0 Å². The summed E-state index contributed by atoms with van der Waals surface area (Å²) in [6, 6.07) is 11.7. The van der Waals surface area contributed by atoms with Gasteiger partial charge < -0.3 is 0 Å². The highest BCUT2D eigenvalue weighted by atomic mass is 16.1. The zero-order valence-corrected chi connectivity index (χ0v) is 7.37. The van der Waals surface area contributed by atoms with Crippen LogP contribution in [0.15, 0.2) is 36.4 Å². The Hall–Kier alpha value is -1.63. The highest BCUT2D eigenvalue weighted by molar-refractivity contribution is 5.98. The van der Waals surface area contributed by atoms with Gasteiger partial charge in [-0.1, -0.05) is 42.0 Å². The standard InChI is InChI=1S/C12H9O/c1-9-5-6-10-3-2-4-11(8-13)12(10)7-9/h2-7H,1H3. The molecule has 0 spiro atoms. The molecule has 0 aromatic heterocycles. The fraction of sp³-hybridized carbons (Fsp3) is 0.0833. The molecule has 0 saturated heterocycles. The van der Waals surface area contributed by atoms with Gasteiger partial charge in [0.25, 0.3) is 0 Å². The van der Waals surface area contributed by atoms with Gasteiger partial charge in [0.2, 0.25) is 6.29 Å². The molecular formula is C12H9O. The van der Waals surface area contributed by atoms with Crippen LogP contribution >= 0.6 is 0 Å². The van der Waals surface area contributed by atoms with Gasteiger partial charge in [0, 0.05) is 5.56 Å². The Morgan fingerprint density at radius 3 is 2.77 bits per heavy atom. The molecular weight excluding hydrogens is 160 g/mol. The Morgan fingerprint density at radius 1 is 1.15 bits per heavy atom. The lowest BCUT2D eigenvalue weighted by atomic mass is 10.0. The van der Waals surface area contributed by atoms with E-state index in [1.165, 1.54) is 0 Å². The van der Waals surface area contributed by atoms with Crippen LogP contribution in [-0.2, 0) is 4.79 Å². The Balaban J connectivity index is 2.86. The average Bonchev–Trinajstić information content (AvgIpc) is 2.17. The third-order valence-electron chi connectivity index (χ3n) is 2.15. The second-order valence-corrected chi connectivity index (χ2v) is 3.13. The predicted octanol–water partition coefficient (Wildman–Crippen LogP) is 2.61. The summed E-state index contributed by atoms with van der Waals surface area (Å²) in [6.07, 6.45) is 1.95. The summed E-state index contributed by atoms with van der Waals surface area (Å²) in [5, 5.41) is 2.07. The summed E-state index contributed by atoms with van der Waals surface area (Å²) >= 11 is 0. The van der Waals surface area contributed by atoms with E-state index in [9.17, 15) is 4.79 Å². The van der Waals surface area contributed by atoms with Crippen LogP contribution in [0.5, 0.6) is 0 Å². The van der Waals surface area contributed by atoms with Crippen molar-refractivity contribution in [3.8, 4) is 0 Å². The van der Waals surface area contributed by atoms with Crippen molar-refractivity contribution in [2.45, 2.75) is 6.92 Å². The number of hydrogen-bond acceptors (Lipinski definition) is 1. The van der Waals surface area contributed by atoms with E-state index in [-0.39, 0.29) is 0 Å². The van der Waals surface area contributed by atoms with Crippen LogP contribution in [0, 0.1) is 6.92 Å². The summed E-state index contributed by atoms with van der Waals surface area (Å²) in [4.78, 5) is 10.6. The number of aryl methyl sites for hydroxylation is 1. The normalized spacial score (nSPS) is 10.2. The number of fused-ring (bicyclic) bond motifs is 1. The lowest BCUT2D eigenvalue weighted by molar-refractivity contribution is 0.563. The van der Waals surface area contributed by atoms with Gasteiger partial charge >= 0.3 is 0 Å². The summed E-state index contributed by atoms with van der Waals surface area (Å²) in [5.74, 6) is 0. The third kappa shape index (κ3) is 1.33. The van der Waals surface area contributed by atoms with Crippen molar-refractivity contribution in [2.24, 2.45) is 0 Å². The minimum absolute atomic E-state index is 0.640. The molecule has 1 heteroatoms. The van der Waals surface area contributed by atoms with Gasteiger partial charge in [-0.2, -0.15) is 0 Å². The highest BCUT2D eigenvalue weighted by Gasteiger charge is 1.99. The second-order valence-electron chi connectivity index (χ2n) is 3.13. The molecule has 2 aromatic carbocycles. The molecule has 1 radical (unpaired) electrons. The maximum atomic E-state index is 10.6. The van der Waals surface area contributed by atoms with Crippen molar-refractivity contribution < 1.29 is 4.79 Å². The number of benzene rings is 2. The molecule has 0 fully saturated rings. The molecule has 0 bridgehead atoms. The maximum absolute atomic E-state index is 10.6. The van der Waals surface area contributed by atoms with Crippen molar-refractivity contribution >= 4 is 17.1 Å². The molecule has 0 saturated carbocycles. The Morgan fingerprint density at radius 2 is 2.00 bits per heavy atom. The lowest BCUT2D eigenvalue weighted by Crippen LogP contribution is -1.83. The molecule has 63 valence electrons. The molecule has 0 aliphatic rings. The largest absolute Gasteiger partial charge is 0.285 e. The molecule has 0 unspecified atom stereocenters. The van der Waals surface area contributed by atoms with E-state index < -0.39 is 0 Å². The summed E-state index contributed by atoms with van der Waals surface area (Å²) in [7, 11) is 0. The van der Waals surface area contributed by atoms with E-state index in [2.05, 4.69) is 0 Å². The van der Waals surface area contributed by atoms with Crippen molar-refractivity contribution in [1.82, 2.24) is 0 Å². The highest BCUT2D eigenvalue weighted by Crippen LogP contribution is 2.18. The van der Waals surface area contributed by atoms with E-state index >= 15 is 0 Å².